The first-order valence-corrected chi connectivity index (χ1v) is 4.26. The summed E-state index contributed by atoms with van der Waals surface area (Å²) in [5, 5.41) is 1.19. The van der Waals surface area contributed by atoms with Crippen molar-refractivity contribution >= 4 is 21.7 Å². The predicted octanol–water partition coefficient (Wildman–Crippen LogP) is 0.390. The minimum absolute atomic E-state index is 0.285. The Kier molecular flexibility index (Phi) is 1.52. The van der Waals surface area contributed by atoms with E-state index in [1.165, 1.54) is 11.4 Å². The molecule has 0 saturated heterocycles. The molecule has 0 fully saturated rings. The maximum atomic E-state index is 10.2. The summed E-state index contributed by atoms with van der Waals surface area (Å²) in [7, 11) is -4.06. The maximum absolute atomic E-state index is 10.2. The van der Waals surface area contributed by atoms with E-state index in [4.69, 9.17) is 4.55 Å². The smallest absolute Gasteiger partial charge is 0.281 e. The molecule has 6 heteroatoms. The topological polar surface area (TPSA) is 67.3 Å². The van der Waals surface area contributed by atoms with Crippen LogP contribution in [0.25, 0.3) is 0 Å². The van der Waals surface area contributed by atoms with Crippen molar-refractivity contribution in [1.29, 1.82) is 0 Å². The minimum Gasteiger partial charge on any atom is -0.281 e. The van der Waals surface area contributed by atoms with Crippen LogP contribution < -0.4 is 0 Å². The molecule has 0 atom stereocenters. The molecule has 4 nitrogen and oxygen atoms in total. The Morgan fingerprint density at radius 2 is 2.33 bits per heavy atom. The summed E-state index contributed by atoms with van der Waals surface area (Å²) in [5.41, 5.74) is 0. The third kappa shape index (κ3) is 1.47. The van der Waals surface area contributed by atoms with Gasteiger partial charge in [0.25, 0.3) is 0 Å². The third-order valence-corrected chi connectivity index (χ3v) is 2.11. The Hall–Kier alpha value is -0.460. The molecule has 1 heterocycles. The van der Waals surface area contributed by atoms with E-state index in [1.54, 1.807) is 0 Å². The maximum Gasteiger partial charge on any atom is 0.313 e. The van der Waals surface area contributed by atoms with Gasteiger partial charge in [-0.15, -0.1) is 0 Å². The van der Waals surface area contributed by atoms with Crippen molar-refractivity contribution in [2.75, 3.05) is 0 Å². The third-order valence-electron chi connectivity index (χ3n) is 0.678. The van der Waals surface area contributed by atoms with E-state index in [-0.39, 0.29) is 5.03 Å². The number of aromatic nitrogens is 1. The van der Waals surface area contributed by atoms with E-state index in [1.807, 2.05) is 0 Å². The molecule has 1 aromatic heterocycles. The van der Waals surface area contributed by atoms with Crippen LogP contribution in [0.5, 0.6) is 0 Å². The first kappa shape index (κ1) is 6.66. The van der Waals surface area contributed by atoms with E-state index in [0.717, 1.165) is 11.5 Å². The normalized spacial score (nSPS) is 11.7. The van der Waals surface area contributed by atoms with Gasteiger partial charge >= 0.3 is 10.1 Å². The SMILES string of the molecule is O=S(=O)(O)c1ccsn1. The molecule has 1 aromatic rings. The van der Waals surface area contributed by atoms with Gasteiger partial charge in [0.1, 0.15) is 0 Å². The van der Waals surface area contributed by atoms with Crippen LogP contribution in [0.1, 0.15) is 0 Å². The second-order valence-electron chi connectivity index (χ2n) is 1.31. The predicted molar refractivity (Wildman–Crippen MR) is 31.9 cm³/mol. The summed E-state index contributed by atoms with van der Waals surface area (Å²) < 4.78 is 32.1. The fourth-order valence-electron chi connectivity index (χ4n) is 0.335. The first-order chi connectivity index (χ1) is 4.11. The van der Waals surface area contributed by atoms with Crippen molar-refractivity contribution in [2.45, 2.75) is 5.03 Å². The molecule has 0 aliphatic rings. The van der Waals surface area contributed by atoms with Crippen LogP contribution in [0.4, 0.5) is 0 Å². The molecule has 0 saturated carbocycles. The van der Waals surface area contributed by atoms with Gasteiger partial charge in [-0.1, -0.05) is 0 Å². The summed E-state index contributed by atoms with van der Waals surface area (Å²) in [5.74, 6) is 0. The van der Waals surface area contributed by atoms with Crippen molar-refractivity contribution < 1.29 is 13.0 Å². The van der Waals surface area contributed by atoms with E-state index in [9.17, 15) is 8.42 Å². The van der Waals surface area contributed by atoms with Crippen LogP contribution in [-0.2, 0) is 10.1 Å². The van der Waals surface area contributed by atoms with Gasteiger partial charge in [0.2, 0.25) is 0 Å². The molecule has 0 spiro atoms. The summed E-state index contributed by atoms with van der Waals surface area (Å²) in [6, 6.07) is 1.24. The average Bonchev–Trinajstić information content (AvgIpc) is 2.08. The zero-order valence-corrected chi connectivity index (χ0v) is 5.82. The van der Waals surface area contributed by atoms with E-state index in [0.29, 0.717) is 0 Å². The van der Waals surface area contributed by atoms with Crippen LogP contribution in [0.3, 0.4) is 0 Å². The number of hydrogen-bond acceptors (Lipinski definition) is 4. The van der Waals surface area contributed by atoms with Crippen molar-refractivity contribution in [1.82, 2.24) is 4.37 Å². The van der Waals surface area contributed by atoms with Gasteiger partial charge in [-0.3, -0.25) is 4.55 Å². The lowest BCUT2D eigenvalue weighted by molar-refractivity contribution is 0.480. The summed E-state index contributed by atoms with van der Waals surface area (Å²) >= 11 is 0.977. The molecule has 0 aliphatic carbocycles. The summed E-state index contributed by atoms with van der Waals surface area (Å²) in [4.78, 5) is 0. The van der Waals surface area contributed by atoms with E-state index >= 15 is 0 Å². The van der Waals surface area contributed by atoms with Gasteiger partial charge < -0.3 is 0 Å². The van der Waals surface area contributed by atoms with Gasteiger partial charge in [-0.25, -0.2) is 0 Å². The summed E-state index contributed by atoms with van der Waals surface area (Å²) in [6.07, 6.45) is 0. The van der Waals surface area contributed by atoms with Crippen LogP contribution in [0.15, 0.2) is 16.5 Å². The van der Waals surface area contributed by atoms with Crippen LogP contribution in [0.2, 0.25) is 0 Å². The molecule has 0 aliphatic heterocycles. The van der Waals surface area contributed by atoms with Gasteiger partial charge in [-0.05, 0) is 17.6 Å². The molecule has 0 radical (unpaired) electrons. The Bertz CT molecular complexity index is 274. The highest BCUT2D eigenvalue weighted by atomic mass is 32.2. The molecule has 0 unspecified atom stereocenters. The average molecular weight is 165 g/mol. The zero-order chi connectivity index (χ0) is 6.91. The van der Waals surface area contributed by atoms with Crippen molar-refractivity contribution in [3.63, 3.8) is 0 Å². The second kappa shape index (κ2) is 2.05. The molecule has 0 aromatic carbocycles. The van der Waals surface area contributed by atoms with Crippen molar-refractivity contribution in [2.24, 2.45) is 0 Å². The Morgan fingerprint density at radius 1 is 1.67 bits per heavy atom. The standard InChI is InChI=1S/C3H3NO3S2/c5-9(6,7)3-1-2-8-4-3/h1-2H,(H,5,6,7). The lowest BCUT2D eigenvalue weighted by Crippen LogP contribution is -1.96. The lowest BCUT2D eigenvalue weighted by atomic mass is 10.8. The molecule has 50 valence electrons. The van der Waals surface area contributed by atoms with Crippen LogP contribution in [-0.4, -0.2) is 17.3 Å². The molecule has 0 amide bonds. The zero-order valence-electron chi connectivity index (χ0n) is 4.18. The minimum atomic E-state index is -4.06. The van der Waals surface area contributed by atoms with Gasteiger partial charge in [0, 0.05) is 5.38 Å². The molecule has 1 rings (SSSR count). The molecular weight excluding hydrogens is 162 g/mol. The van der Waals surface area contributed by atoms with Gasteiger partial charge in [-0.2, -0.15) is 12.8 Å². The van der Waals surface area contributed by atoms with E-state index in [2.05, 4.69) is 4.37 Å². The van der Waals surface area contributed by atoms with Crippen LogP contribution >= 0.6 is 11.5 Å². The van der Waals surface area contributed by atoms with Crippen molar-refractivity contribution in [3.8, 4) is 0 Å². The van der Waals surface area contributed by atoms with Gasteiger partial charge in [0.05, 0.1) is 0 Å². The fourth-order valence-corrected chi connectivity index (χ4v) is 1.58. The Labute approximate surface area is 56.1 Å². The second-order valence-corrected chi connectivity index (χ2v) is 3.35. The molecule has 0 bridgehead atoms. The fraction of sp³-hybridized carbons (Fsp3) is 0. The Morgan fingerprint density at radius 3 is 2.56 bits per heavy atom. The quantitative estimate of drug-likeness (QED) is 0.611. The highest BCUT2D eigenvalue weighted by Crippen LogP contribution is 2.05. The number of nitrogens with zero attached hydrogens (tertiary/aromatic N) is 1. The highest BCUT2D eigenvalue weighted by molar-refractivity contribution is 7.85. The number of hydrogen-bond donors (Lipinski definition) is 1. The monoisotopic (exact) mass is 165 g/mol. The van der Waals surface area contributed by atoms with Crippen molar-refractivity contribution in [3.05, 3.63) is 11.4 Å². The number of rotatable bonds is 1. The highest BCUT2D eigenvalue weighted by Gasteiger charge is 2.09. The van der Waals surface area contributed by atoms with Crippen LogP contribution in [0, 0.1) is 0 Å². The first-order valence-electron chi connectivity index (χ1n) is 1.98. The molecule has 1 N–H and O–H groups in total. The molecule has 9 heavy (non-hydrogen) atoms. The Balaban J connectivity index is 3.20. The largest absolute Gasteiger partial charge is 0.313 e. The molecular formula is C3H3NO3S2. The van der Waals surface area contributed by atoms with Gasteiger partial charge in [0.15, 0.2) is 5.03 Å². The van der Waals surface area contributed by atoms with E-state index < -0.39 is 10.1 Å². The lowest BCUT2D eigenvalue weighted by Gasteiger charge is -1.83. The summed E-state index contributed by atoms with van der Waals surface area (Å²) in [6.45, 7) is 0.